The van der Waals surface area contributed by atoms with Crippen LogP contribution in [0.25, 0.3) is 6.08 Å². The minimum absolute atomic E-state index is 0.0436. The van der Waals surface area contributed by atoms with Gasteiger partial charge in [0.25, 0.3) is 0 Å². The molecule has 2 aromatic rings. The van der Waals surface area contributed by atoms with Crippen molar-refractivity contribution in [3.05, 3.63) is 77.1 Å². The van der Waals surface area contributed by atoms with E-state index in [2.05, 4.69) is 31.2 Å². The van der Waals surface area contributed by atoms with Gasteiger partial charge in [-0.15, -0.1) is 0 Å². The van der Waals surface area contributed by atoms with E-state index in [0.717, 1.165) is 32.7 Å². The number of amides is 1. The van der Waals surface area contributed by atoms with Crippen LogP contribution >= 0.6 is 0 Å². The van der Waals surface area contributed by atoms with Crippen LogP contribution in [-0.2, 0) is 11.3 Å². The first-order valence-corrected chi connectivity index (χ1v) is 8.72. The summed E-state index contributed by atoms with van der Waals surface area (Å²) in [7, 11) is 0. The smallest absolute Gasteiger partial charge is 0.246 e. The highest BCUT2D eigenvalue weighted by molar-refractivity contribution is 5.91. The monoisotopic (exact) mass is 339 g/mol. The number of rotatable bonds is 4. The van der Waals surface area contributed by atoms with Crippen molar-refractivity contribution >= 4 is 12.0 Å². The van der Waals surface area contributed by atoms with Crippen LogP contribution in [0.15, 0.2) is 54.6 Å². The number of halogens is 1. The molecule has 2 aromatic carbocycles. The number of carbonyl (C=O) groups excluding carboxylic acids is 1. The van der Waals surface area contributed by atoms with Crippen molar-refractivity contribution in [2.45, 2.75) is 13.5 Å². The zero-order valence-corrected chi connectivity index (χ0v) is 14.5. The summed E-state index contributed by atoms with van der Waals surface area (Å²) in [5.41, 5.74) is 3.07. The fourth-order valence-corrected chi connectivity index (χ4v) is 3.21. The molecular formula is C21H24FN2O+. The van der Waals surface area contributed by atoms with Gasteiger partial charge in [-0.25, -0.2) is 4.39 Å². The maximum atomic E-state index is 13.6. The van der Waals surface area contributed by atoms with Crippen LogP contribution in [0.2, 0.25) is 0 Å². The highest BCUT2D eigenvalue weighted by Gasteiger charge is 2.22. The first-order valence-electron chi connectivity index (χ1n) is 8.72. The third kappa shape index (κ3) is 4.77. The molecule has 0 aromatic heterocycles. The molecule has 0 unspecified atom stereocenters. The van der Waals surface area contributed by atoms with Gasteiger partial charge < -0.3 is 9.80 Å². The van der Waals surface area contributed by atoms with Crippen molar-refractivity contribution in [1.82, 2.24) is 4.90 Å². The number of quaternary nitrogens is 1. The summed E-state index contributed by atoms with van der Waals surface area (Å²) in [6, 6.07) is 15.1. The number of nitrogens with zero attached hydrogens (tertiary/aromatic N) is 1. The van der Waals surface area contributed by atoms with E-state index in [1.54, 1.807) is 24.3 Å². The van der Waals surface area contributed by atoms with Gasteiger partial charge >= 0.3 is 0 Å². The predicted molar refractivity (Wildman–Crippen MR) is 97.6 cm³/mol. The number of nitrogens with one attached hydrogen (secondary N) is 1. The fraction of sp³-hybridized carbons (Fsp3) is 0.286. The zero-order valence-electron chi connectivity index (χ0n) is 14.5. The van der Waals surface area contributed by atoms with E-state index in [9.17, 15) is 9.18 Å². The molecule has 0 saturated carbocycles. The van der Waals surface area contributed by atoms with Gasteiger partial charge in [0, 0.05) is 17.2 Å². The average Bonchev–Trinajstić information content (AvgIpc) is 2.61. The van der Waals surface area contributed by atoms with Gasteiger partial charge in [0.05, 0.1) is 26.2 Å². The molecule has 4 heteroatoms. The van der Waals surface area contributed by atoms with E-state index in [1.807, 2.05) is 4.90 Å². The van der Waals surface area contributed by atoms with Gasteiger partial charge in [-0.05, 0) is 19.1 Å². The first-order chi connectivity index (χ1) is 12.1. The van der Waals surface area contributed by atoms with E-state index < -0.39 is 0 Å². The molecule has 0 radical (unpaired) electrons. The van der Waals surface area contributed by atoms with E-state index in [1.165, 1.54) is 28.2 Å². The fourth-order valence-electron chi connectivity index (χ4n) is 3.21. The number of aryl methyl sites for hydroxylation is 1. The van der Waals surface area contributed by atoms with E-state index in [4.69, 9.17) is 0 Å². The third-order valence-corrected chi connectivity index (χ3v) is 4.63. The molecule has 1 heterocycles. The average molecular weight is 339 g/mol. The second kappa shape index (κ2) is 8.08. The lowest BCUT2D eigenvalue weighted by Crippen LogP contribution is -3.13. The maximum absolute atomic E-state index is 13.6. The van der Waals surface area contributed by atoms with Crippen molar-refractivity contribution in [2.24, 2.45) is 0 Å². The highest BCUT2D eigenvalue weighted by atomic mass is 19.1. The summed E-state index contributed by atoms with van der Waals surface area (Å²) < 4.78 is 13.6. The normalized spacial score (nSPS) is 15.7. The Bertz CT molecular complexity index is 764. The van der Waals surface area contributed by atoms with Gasteiger partial charge in [-0.3, -0.25) is 4.79 Å². The number of piperazine rings is 1. The lowest BCUT2D eigenvalue weighted by Gasteiger charge is -2.31. The van der Waals surface area contributed by atoms with Crippen molar-refractivity contribution < 1.29 is 14.1 Å². The number of hydrogen-bond donors (Lipinski definition) is 1. The Hall–Kier alpha value is -2.46. The molecule has 1 saturated heterocycles. The van der Waals surface area contributed by atoms with Crippen molar-refractivity contribution in [3.63, 3.8) is 0 Å². The summed E-state index contributed by atoms with van der Waals surface area (Å²) in [4.78, 5) is 15.6. The molecule has 0 atom stereocenters. The molecule has 0 bridgehead atoms. The molecule has 1 amide bonds. The standard InChI is InChI=1S/C21H23FN2O/c1-17-5-4-6-18(15-17)16-23-11-13-24(14-12-23)21(25)10-9-19-7-2-3-8-20(19)22/h2-10,15H,11-14,16H2,1H3/p+1/b10-9+. The Kier molecular flexibility index (Phi) is 5.61. The van der Waals surface area contributed by atoms with Crippen LogP contribution in [0.3, 0.4) is 0 Å². The quantitative estimate of drug-likeness (QED) is 0.848. The highest BCUT2D eigenvalue weighted by Crippen LogP contribution is 2.08. The van der Waals surface area contributed by atoms with Crippen LogP contribution in [-0.4, -0.2) is 37.0 Å². The Morgan fingerprint density at radius 2 is 1.92 bits per heavy atom. The minimum Gasteiger partial charge on any atom is -0.328 e. The second-order valence-electron chi connectivity index (χ2n) is 6.60. The topological polar surface area (TPSA) is 24.8 Å². The Morgan fingerprint density at radius 1 is 1.16 bits per heavy atom. The molecule has 130 valence electrons. The van der Waals surface area contributed by atoms with Crippen LogP contribution in [0.4, 0.5) is 4.39 Å². The second-order valence-corrected chi connectivity index (χ2v) is 6.60. The van der Waals surface area contributed by atoms with Crippen molar-refractivity contribution in [3.8, 4) is 0 Å². The van der Waals surface area contributed by atoms with E-state index in [-0.39, 0.29) is 11.7 Å². The first kappa shape index (κ1) is 17.4. The zero-order chi connectivity index (χ0) is 17.6. The van der Waals surface area contributed by atoms with Gasteiger partial charge in [0.15, 0.2) is 0 Å². The van der Waals surface area contributed by atoms with Gasteiger partial charge in [0.2, 0.25) is 5.91 Å². The summed E-state index contributed by atoms with van der Waals surface area (Å²) in [5.74, 6) is -0.350. The van der Waals surface area contributed by atoms with Crippen LogP contribution in [0, 0.1) is 12.7 Å². The van der Waals surface area contributed by atoms with Crippen LogP contribution in [0.1, 0.15) is 16.7 Å². The van der Waals surface area contributed by atoms with Gasteiger partial charge in [-0.1, -0.05) is 48.0 Å². The van der Waals surface area contributed by atoms with Crippen molar-refractivity contribution in [1.29, 1.82) is 0 Å². The number of hydrogen-bond acceptors (Lipinski definition) is 1. The summed E-state index contributed by atoms with van der Waals surface area (Å²) >= 11 is 0. The SMILES string of the molecule is Cc1cccc(C[NH+]2CCN(C(=O)/C=C/c3ccccc3F)CC2)c1. The lowest BCUT2D eigenvalue weighted by atomic mass is 10.1. The molecule has 1 N–H and O–H groups in total. The Balaban J connectivity index is 1.51. The molecular weight excluding hydrogens is 315 g/mol. The van der Waals surface area contributed by atoms with Crippen LogP contribution in [0.5, 0.6) is 0 Å². The Labute approximate surface area is 148 Å². The lowest BCUT2D eigenvalue weighted by molar-refractivity contribution is -0.917. The summed E-state index contributed by atoms with van der Waals surface area (Å²) in [6.45, 7) is 6.45. The molecule has 1 fully saturated rings. The largest absolute Gasteiger partial charge is 0.328 e. The molecule has 0 aliphatic carbocycles. The van der Waals surface area contributed by atoms with E-state index >= 15 is 0 Å². The number of benzene rings is 2. The molecule has 1 aliphatic heterocycles. The minimum atomic E-state index is -0.307. The van der Waals surface area contributed by atoms with E-state index in [0.29, 0.717) is 5.56 Å². The number of carbonyl (C=O) groups is 1. The summed E-state index contributed by atoms with van der Waals surface area (Å²) in [5, 5.41) is 0. The maximum Gasteiger partial charge on any atom is 0.246 e. The molecule has 0 spiro atoms. The third-order valence-electron chi connectivity index (χ3n) is 4.63. The molecule has 25 heavy (non-hydrogen) atoms. The molecule has 1 aliphatic rings. The molecule has 3 nitrogen and oxygen atoms in total. The predicted octanol–water partition coefficient (Wildman–Crippen LogP) is 2.07. The van der Waals surface area contributed by atoms with Crippen molar-refractivity contribution in [2.75, 3.05) is 26.2 Å². The summed E-state index contributed by atoms with van der Waals surface area (Å²) in [6.07, 6.45) is 3.04. The van der Waals surface area contributed by atoms with Gasteiger partial charge in [-0.2, -0.15) is 0 Å². The van der Waals surface area contributed by atoms with Crippen LogP contribution < -0.4 is 4.90 Å². The van der Waals surface area contributed by atoms with Gasteiger partial charge in [0.1, 0.15) is 12.4 Å². The molecule has 3 rings (SSSR count). The Morgan fingerprint density at radius 3 is 2.64 bits per heavy atom.